The average molecular weight is 287 g/mol. The zero-order valence-corrected chi connectivity index (χ0v) is 12.6. The second-order valence-corrected chi connectivity index (χ2v) is 4.92. The van der Waals surface area contributed by atoms with E-state index in [-0.39, 0.29) is 12.6 Å². The number of aliphatic hydroxyl groups excluding tert-OH is 1. The molecule has 112 valence electrons. The van der Waals surface area contributed by atoms with Crippen LogP contribution in [0.25, 0.3) is 0 Å². The van der Waals surface area contributed by atoms with Crippen molar-refractivity contribution in [3.63, 3.8) is 0 Å². The first-order valence-corrected chi connectivity index (χ1v) is 7.00. The molecule has 1 unspecified atom stereocenters. The highest BCUT2D eigenvalue weighted by molar-refractivity contribution is 5.48. The molecular formula is C16H21N3O2. The second-order valence-electron chi connectivity index (χ2n) is 4.92. The predicted octanol–water partition coefficient (Wildman–Crippen LogP) is 2.64. The van der Waals surface area contributed by atoms with Gasteiger partial charge in [0.1, 0.15) is 18.2 Å². The first kappa shape index (κ1) is 15.3. The number of nitrogens with zero attached hydrogens (tertiary/aromatic N) is 2. The Bertz CT molecular complexity index is 585. The molecule has 5 nitrogen and oxygen atoms in total. The van der Waals surface area contributed by atoms with Crippen LogP contribution in [0.5, 0.6) is 5.75 Å². The molecule has 0 spiro atoms. The molecule has 1 atom stereocenters. The van der Waals surface area contributed by atoms with Crippen molar-refractivity contribution >= 4 is 5.69 Å². The first-order chi connectivity index (χ1) is 10.1. The van der Waals surface area contributed by atoms with Crippen molar-refractivity contribution in [2.24, 2.45) is 0 Å². The Hall–Kier alpha value is -2.14. The third kappa shape index (κ3) is 4.16. The summed E-state index contributed by atoms with van der Waals surface area (Å²) in [5, 5.41) is 12.1. The molecule has 0 bridgehead atoms. The minimum atomic E-state index is 0.0176. The summed E-state index contributed by atoms with van der Waals surface area (Å²) >= 11 is 0. The van der Waals surface area contributed by atoms with Gasteiger partial charge >= 0.3 is 0 Å². The summed E-state index contributed by atoms with van der Waals surface area (Å²) < 4.78 is 5.33. The van der Waals surface area contributed by atoms with E-state index in [0.717, 1.165) is 28.5 Å². The molecule has 0 saturated heterocycles. The highest BCUT2D eigenvalue weighted by Crippen LogP contribution is 2.22. The van der Waals surface area contributed by atoms with Crippen molar-refractivity contribution in [3.05, 3.63) is 47.5 Å². The van der Waals surface area contributed by atoms with Crippen molar-refractivity contribution in [1.29, 1.82) is 0 Å². The average Bonchev–Trinajstić information content (AvgIpc) is 2.46. The third-order valence-corrected chi connectivity index (χ3v) is 3.20. The van der Waals surface area contributed by atoms with E-state index < -0.39 is 0 Å². The molecule has 0 aliphatic rings. The van der Waals surface area contributed by atoms with Gasteiger partial charge < -0.3 is 15.2 Å². The lowest BCUT2D eigenvalue weighted by molar-refractivity contribution is 0.201. The monoisotopic (exact) mass is 287 g/mol. The third-order valence-electron chi connectivity index (χ3n) is 3.20. The van der Waals surface area contributed by atoms with Crippen molar-refractivity contribution in [2.75, 3.05) is 18.5 Å². The fourth-order valence-corrected chi connectivity index (χ4v) is 2.16. The van der Waals surface area contributed by atoms with Crippen LogP contribution in [0.3, 0.4) is 0 Å². The molecule has 1 aromatic carbocycles. The summed E-state index contributed by atoms with van der Waals surface area (Å²) in [4.78, 5) is 8.65. The SMILES string of the molecule is Cc1ncc(C(C)Nc2ccc(OCCO)cc2)c(C)n1. The lowest BCUT2D eigenvalue weighted by atomic mass is 10.1. The highest BCUT2D eigenvalue weighted by Gasteiger charge is 2.10. The number of benzene rings is 1. The number of nitrogens with one attached hydrogen (secondary N) is 1. The minimum absolute atomic E-state index is 0.0176. The summed E-state index contributed by atoms with van der Waals surface area (Å²) in [5.74, 6) is 1.53. The molecule has 1 aromatic heterocycles. The van der Waals surface area contributed by atoms with Crippen molar-refractivity contribution in [3.8, 4) is 5.75 Å². The van der Waals surface area contributed by atoms with Crippen LogP contribution < -0.4 is 10.1 Å². The number of hydrogen-bond acceptors (Lipinski definition) is 5. The fraction of sp³-hybridized carbons (Fsp3) is 0.375. The molecule has 21 heavy (non-hydrogen) atoms. The number of anilines is 1. The Labute approximate surface area is 125 Å². The van der Waals surface area contributed by atoms with Gasteiger partial charge in [0.25, 0.3) is 0 Å². The van der Waals surface area contributed by atoms with Crippen LogP contribution in [0.2, 0.25) is 0 Å². The largest absolute Gasteiger partial charge is 0.491 e. The number of hydrogen-bond donors (Lipinski definition) is 2. The van der Waals surface area contributed by atoms with Gasteiger partial charge in [0, 0.05) is 23.1 Å². The van der Waals surface area contributed by atoms with Crippen molar-refractivity contribution < 1.29 is 9.84 Å². The maximum Gasteiger partial charge on any atom is 0.125 e. The Morgan fingerprint density at radius 3 is 2.57 bits per heavy atom. The smallest absolute Gasteiger partial charge is 0.125 e. The van der Waals surface area contributed by atoms with E-state index in [1.54, 1.807) is 0 Å². The number of aliphatic hydroxyl groups is 1. The van der Waals surface area contributed by atoms with Crippen LogP contribution in [0.4, 0.5) is 5.69 Å². The number of ether oxygens (including phenoxy) is 1. The summed E-state index contributed by atoms with van der Waals surface area (Å²) in [6.07, 6.45) is 1.87. The van der Waals surface area contributed by atoms with Crippen LogP contribution in [0, 0.1) is 13.8 Å². The van der Waals surface area contributed by atoms with Crippen molar-refractivity contribution in [2.45, 2.75) is 26.8 Å². The van der Waals surface area contributed by atoms with Gasteiger partial charge in [-0.15, -0.1) is 0 Å². The Kier molecular flexibility index (Phi) is 5.11. The molecule has 2 N–H and O–H groups in total. The fourth-order valence-electron chi connectivity index (χ4n) is 2.16. The van der Waals surface area contributed by atoms with Gasteiger partial charge in [0.05, 0.1) is 12.6 Å². The maximum atomic E-state index is 8.72. The van der Waals surface area contributed by atoms with Gasteiger partial charge in [0.2, 0.25) is 0 Å². The molecule has 0 fully saturated rings. The van der Waals surface area contributed by atoms with E-state index in [2.05, 4.69) is 22.2 Å². The Balaban J connectivity index is 2.03. The Morgan fingerprint density at radius 2 is 1.95 bits per heavy atom. The first-order valence-electron chi connectivity index (χ1n) is 7.00. The van der Waals surface area contributed by atoms with Gasteiger partial charge in [-0.1, -0.05) is 0 Å². The van der Waals surface area contributed by atoms with Crippen LogP contribution in [0.1, 0.15) is 30.0 Å². The molecule has 0 amide bonds. The van der Waals surface area contributed by atoms with E-state index >= 15 is 0 Å². The van der Waals surface area contributed by atoms with Gasteiger partial charge in [-0.3, -0.25) is 0 Å². The minimum Gasteiger partial charge on any atom is -0.491 e. The summed E-state index contributed by atoms with van der Waals surface area (Å²) in [7, 11) is 0. The van der Waals surface area contributed by atoms with Gasteiger partial charge in [-0.25, -0.2) is 9.97 Å². The predicted molar refractivity (Wildman–Crippen MR) is 82.6 cm³/mol. The lowest BCUT2D eigenvalue weighted by Gasteiger charge is -2.17. The molecule has 0 aliphatic heterocycles. The van der Waals surface area contributed by atoms with Crippen molar-refractivity contribution in [1.82, 2.24) is 9.97 Å². The summed E-state index contributed by atoms with van der Waals surface area (Å²) in [6.45, 7) is 6.29. The van der Waals surface area contributed by atoms with Gasteiger partial charge in [-0.05, 0) is 45.0 Å². The normalized spacial score (nSPS) is 12.0. The molecule has 0 saturated carbocycles. The summed E-state index contributed by atoms with van der Waals surface area (Å²) in [6, 6.07) is 7.78. The van der Waals surface area contributed by atoms with Crippen LogP contribution >= 0.6 is 0 Å². The maximum absolute atomic E-state index is 8.72. The number of rotatable bonds is 6. The van der Waals surface area contributed by atoms with Crippen LogP contribution in [-0.4, -0.2) is 28.3 Å². The molecule has 0 radical (unpaired) electrons. The highest BCUT2D eigenvalue weighted by atomic mass is 16.5. The van der Waals surface area contributed by atoms with E-state index in [4.69, 9.17) is 9.84 Å². The van der Waals surface area contributed by atoms with Gasteiger partial charge in [0.15, 0.2) is 0 Å². The zero-order chi connectivity index (χ0) is 15.2. The van der Waals surface area contributed by atoms with Crippen LogP contribution in [-0.2, 0) is 0 Å². The molecule has 2 rings (SSSR count). The van der Waals surface area contributed by atoms with E-state index in [1.807, 2.05) is 44.3 Å². The molecule has 2 aromatic rings. The van der Waals surface area contributed by atoms with E-state index in [9.17, 15) is 0 Å². The molecule has 1 heterocycles. The molecule has 5 heteroatoms. The quantitative estimate of drug-likeness (QED) is 0.855. The van der Waals surface area contributed by atoms with Gasteiger partial charge in [-0.2, -0.15) is 0 Å². The summed E-state index contributed by atoms with van der Waals surface area (Å²) in [5.41, 5.74) is 3.07. The number of aromatic nitrogens is 2. The second kappa shape index (κ2) is 7.04. The van der Waals surface area contributed by atoms with Crippen LogP contribution in [0.15, 0.2) is 30.5 Å². The molecule has 0 aliphatic carbocycles. The topological polar surface area (TPSA) is 67.3 Å². The van der Waals surface area contributed by atoms with E-state index in [0.29, 0.717) is 6.61 Å². The standard InChI is InChI=1S/C16H21N3O2/c1-11-16(10-17-13(3)18-11)12(2)19-14-4-6-15(7-5-14)21-9-8-20/h4-7,10,12,19-20H,8-9H2,1-3H3. The van der Waals surface area contributed by atoms with E-state index in [1.165, 1.54) is 0 Å². The Morgan fingerprint density at radius 1 is 1.24 bits per heavy atom. The molecular weight excluding hydrogens is 266 g/mol. The lowest BCUT2D eigenvalue weighted by Crippen LogP contribution is -2.10. The number of aryl methyl sites for hydroxylation is 2. The zero-order valence-electron chi connectivity index (χ0n) is 12.6.